The van der Waals surface area contributed by atoms with E-state index >= 15 is 0 Å². The SMILES string of the molecule is CNCCc1nnnn1-c1ccc2c(c1)OCO2. The molecule has 0 atom stereocenters. The van der Waals surface area contributed by atoms with Crippen LogP contribution in [0.5, 0.6) is 11.5 Å². The average Bonchev–Trinajstić information content (AvgIpc) is 3.03. The smallest absolute Gasteiger partial charge is 0.231 e. The highest BCUT2D eigenvalue weighted by Crippen LogP contribution is 2.33. The minimum absolute atomic E-state index is 0.265. The summed E-state index contributed by atoms with van der Waals surface area (Å²) < 4.78 is 12.3. The maximum atomic E-state index is 5.34. The fourth-order valence-corrected chi connectivity index (χ4v) is 1.82. The Morgan fingerprint density at radius 2 is 2.22 bits per heavy atom. The number of aromatic nitrogens is 4. The zero-order valence-electron chi connectivity index (χ0n) is 9.96. The first-order valence-electron chi connectivity index (χ1n) is 5.70. The van der Waals surface area contributed by atoms with Crippen LogP contribution in [0.15, 0.2) is 18.2 Å². The van der Waals surface area contributed by atoms with Crippen molar-refractivity contribution >= 4 is 0 Å². The van der Waals surface area contributed by atoms with Crippen molar-refractivity contribution in [3.05, 3.63) is 24.0 Å². The van der Waals surface area contributed by atoms with Crippen LogP contribution in [0, 0.1) is 0 Å². The molecule has 0 radical (unpaired) electrons. The zero-order valence-corrected chi connectivity index (χ0v) is 9.96. The van der Waals surface area contributed by atoms with E-state index in [0.29, 0.717) is 0 Å². The van der Waals surface area contributed by atoms with Crippen LogP contribution in [0.3, 0.4) is 0 Å². The largest absolute Gasteiger partial charge is 0.454 e. The van der Waals surface area contributed by atoms with E-state index in [2.05, 4.69) is 20.8 Å². The van der Waals surface area contributed by atoms with Gasteiger partial charge in [0.1, 0.15) is 0 Å². The number of nitrogens with one attached hydrogen (secondary N) is 1. The standard InChI is InChI=1S/C11H13N5O2/c1-12-5-4-11-13-14-15-16(11)8-2-3-9-10(6-8)18-7-17-9/h2-3,6,12H,4-5,7H2,1H3. The molecular formula is C11H13N5O2. The number of fused-ring (bicyclic) bond motifs is 1. The first-order chi connectivity index (χ1) is 8.88. The van der Waals surface area contributed by atoms with Crippen LogP contribution in [-0.2, 0) is 6.42 Å². The van der Waals surface area contributed by atoms with Crippen LogP contribution < -0.4 is 14.8 Å². The van der Waals surface area contributed by atoms with Gasteiger partial charge in [0.15, 0.2) is 17.3 Å². The van der Waals surface area contributed by atoms with Gasteiger partial charge in [-0.3, -0.25) is 0 Å². The van der Waals surface area contributed by atoms with Crippen LogP contribution in [0.4, 0.5) is 0 Å². The summed E-state index contributed by atoms with van der Waals surface area (Å²) in [4.78, 5) is 0. The van der Waals surface area contributed by atoms with Crippen molar-refractivity contribution in [3.8, 4) is 17.2 Å². The van der Waals surface area contributed by atoms with Crippen LogP contribution in [-0.4, -0.2) is 40.6 Å². The number of tetrazole rings is 1. The molecule has 0 bridgehead atoms. The third-order valence-corrected chi connectivity index (χ3v) is 2.73. The number of hydrogen-bond acceptors (Lipinski definition) is 6. The Hall–Kier alpha value is -2.15. The molecule has 7 heteroatoms. The lowest BCUT2D eigenvalue weighted by atomic mass is 10.2. The molecule has 1 aromatic heterocycles. The fraction of sp³-hybridized carbons (Fsp3) is 0.364. The van der Waals surface area contributed by atoms with Gasteiger partial charge in [-0.15, -0.1) is 5.10 Å². The summed E-state index contributed by atoms with van der Waals surface area (Å²) in [6, 6.07) is 5.65. The van der Waals surface area contributed by atoms with Crippen molar-refractivity contribution < 1.29 is 9.47 Å². The monoisotopic (exact) mass is 247 g/mol. The fourth-order valence-electron chi connectivity index (χ4n) is 1.82. The molecule has 7 nitrogen and oxygen atoms in total. The van der Waals surface area contributed by atoms with Gasteiger partial charge in [-0.25, -0.2) is 0 Å². The van der Waals surface area contributed by atoms with E-state index in [1.54, 1.807) is 4.68 Å². The molecule has 1 aliphatic heterocycles. The Labute approximate surface area is 104 Å². The highest BCUT2D eigenvalue weighted by molar-refractivity contribution is 5.49. The topological polar surface area (TPSA) is 74.1 Å². The maximum absolute atomic E-state index is 5.34. The molecule has 0 amide bonds. The van der Waals surface area contributed by atoms with Crippen LogP contribution in [0.25, 0.3) is 5.69 Å². The average molecular weight is 247 g/mol. The van der Waals surface area contributed by atoms with E-state index in [-0.39, 0.29) is 6.79 Å². The summed E-state index contributed by atoms with van der Waals surface area (Å²) in [5.74, 6) is 2.29. The van der Waals surface area contributed by atoms with Crippen molar-refractivity contribution in [1.29, 1.82) is 0 Å². The second-order valence-corrected chi connectivity index (χ2v) is 3.90. The normalized spacial score (nSPS) is 12.9. The van der Waals surface area contributed by atoms with Gasteiger partial charge in [0.05, 0.1) is 5.69 Å². The first kappa shape index (κ1) is 11.0. The van der Waals surface area contributed by atoms with E-state index in [4.69, 9.17) is 9.47 Å². The molecule has 94 valence electrons. The molecule has 3 rings (SSSR count). The van der Waals surface area contributed by atoms with Crippen molar-refractivity contribution in [2.75, 3.05) is 20.4 Å². The number of nitrogens with zero attached hydrogens (tertiary/aromatic N) is 4. The molecule has 1 aromatic carbocycles. The van der Waals surface area contributed by atoms with E-state index in [1.807, 2.05) is 25.2 Å². The number of benzene rings is 1. The number of ether oxygens (including phenoxy) is 2. The first-order valence-corrected chi connectivity index (χ1v) is 5.70. The highest BCUT2D eigenvalue weighted by Gasteiger charge is 2.15. The number of rotatable bonds is 4. The Morgan fingerprint density at radius 1 is 1.33 bits per heavy atom. The van der Waals surface area contributed by atoms with Crippen LogP contribution in [0.2, 0.25) is 0 Å². The lowest BCUT2D eigenvalue weighted by molar-refractivity contribution is 0.174. The molecule has 2 aromatic rings. The Balaban J connectivity index is 1.92. The van der Waals surface area contributed by atoms with Crippen LogP contribution in [0.1, 0.15) is 5.82 Å². The molecule has 0 saturated carbocycles. The van der Waals surface area contributed by atoms with Gasteiger partial charge in [0.2, 0.25) is 6.79 Å². The molecular weight excluding hydrogens is 234 g/mol. The van der Waals surface area contributed by atoms with Crippen molar-refractivity contribution in [3.63, 3.8) is 0 Å². The molecule has 18 heavy (non-hydrogen) atoms. The van der Waals surface area contributed by atoms with Crippen molar-refractivity contribution in [2.45, 2.75) is 6.42 Å². The second kappa shape index (κ2) is 4.61. The van der Waals surface area contributed by atoms with E-state index in [0.717, 1.165) is 36.0 Å². The molecule has 0 unspecified atom stereocenters. The van der Waals surface area contributed by atoms with Crippen molar-refractivity contribution in [1.82, 2.24) is 25.5 Å². The molecule has 0 spiro atoms. The summed E-state index contributed by atoms with van der Waals surface area (Å²) in [7, 11) is 1.90. The predicted octanol–water partition coefficient (Wildman–Crippen LogP) is 0.153. The minimum atomic E-state index is 0.265. The third-order valence-electron chi connectivity index (χ3n) is 2.73. The van der Waals surface area contributed by atoms with Gasteiger partial charge in [0.25, 0.3) is 0 Å². The molecule has 0 saturated heterocycles. The minimum Gasteiger partial charge on any atom is -0.454 e. The molecule has 1 N–H and O–H groups in total. The van der Waals surface area contributed by atoms with Crippen LogP contribution >= 0.6 is 0 Å². The quantitative estimate of drug-likeness (QED) is 0.829. The summed E-state index contributed by atoms with van der Waals surface area (Å²) in [5, 5.41) is 14.8. The highest BCUT2D eigenvalue weighted by atomic mass is 16.7. The van der Waals surface area contributed by atoms with Gasteiger partial charge in [-0.1, -0.05) is 0 Å². The summed E-state index contributed by atoms with van der Waals surface area (Å²) in [5.41, 5.74) is 0.871. The van der Waals surface area contributed by atoms with Crippen molar-refractivity contribution in [2.24, 2.45) is 0 Å². The van der Waals surface area contributed by atoms with Gasteiger partial charge in [-0.2, -0.15) is 4.68 Å². The zero-order chi connectivity index (χ0) is 12.4. The second-order valence-electron chi connectivity index (χ2n) is 3.90. The summed E-state index contributed by atoms with van der Waals surface area (Å²) in [6.07, 6.45) is 0.762. The summed E-state index contributed by atoms with van der Waals surface area (Å²) >= 11 is 0. The predicted molar refractivity (Wildman–Crippen MR) is 62.9 cm³/mol. The number of hydrogen-bond donors (Lipinski definition) is 1. The maximum Gasteiger partial charge on any atom is 0.231 e. The van der Waals surface area contributed by atoms with Gasteiger partial charge in [-0.05, 0) is 29.6 Å². The third kappa shape index (κ3) is 1.88. The van der Waals surface area contributed by atoms with E-state index in [1.165, 1.54) is 0 Å². The van der Waals surface area contributed by atoms with Gasteiger partial charge >= 0.3 is 0 Å². The lowest BCUT2D eigenvalue weighted by Gasteiger charge is -2.05. The Bertz CT molecular complexity index is 554. The van der Waals surface area contributed by atoms with Gasteiger partial charge in [0, 0.05) is 19.0 Å². The van der Waals surface area contributed by atoms with E-state index in [9.17, 15) is 0 Å². The molecule has 0 fully saturated rings. The molecule has 2 heterocycles. The molecule has 1 aliphatic rings. The lowest BCUT2D eigenvalue weighted by Crippen LogP contribution is -2.14. The summed E-state index contributed by atoms with van der Waals surface area (Å²) in [6.45, 7) is 1.09. The Morgan fingerprint density at radius 3 is 3.11 bits per heavy atom. The number of likely N-dealkylation sites (N-methyl/N-ethyl adjacent to an activating group) is 1. The molecule has 0 aliphatic carbocycles. The Kier molecular flexibility index (Phi) is 2.81. The van der Waals surface area contributed by atoms with E-state index < -0.39 is 0 Å². The van der Waals surface area contributed by atoms with Gasteiger partial charge < -0.3 is 14.8 Å².